The average Bonchev–Trinajstić information content (AvgIpc) is 2.54. The van der Waals surface area contributed by atoms with Crippen molar-refractivity contribution >= 4 is 23.3 Å². The van der Waals surface area contributed by atoms with Gasteiger partial charge in [-0.3, -0.25) is 9.59 Å². The van der Waals surface area contributed by atoms with Crippen LogP contribution in [-0.4, -0.2) is 23.9 Å². The summed E-state index contributed by atoms with van der Waals surface area (Å²) in [5, 5.41) is 5.51. The Kier molecular flexibility index (Phi) is 3.74. The third kappa shape index (κ3) is 2.63. The molecule has 3 rings (SSSR count). The number of nitrogens with zero attached hydrogens (tertiary/aromatic N) is 1. The Bertz CT molecular complexity index is 730. The number of rotatable bonds is 3. The molecule has 0 fully saturated rings. The first-order valence-corrected chi connectivity index (χ1v) is 6.87. The van der Waals surface area contributed by atoms with Crippen LogP contribution in [-0.2, 0) is 9.59 Å². The summed E-state index contributed by atoms with van der Waals surface area (Å²) >= 11 is 0. The standard InChI is InChI=1S/C16H15N3O3/c1-22-13-7-4-8-17-15(13)19-16(21)11-9-14(20)18-12-6-3-2-5-10(11)12/h2-8,11H,9H2,1H3,(H,18,20)(H,17,19,21)/t11-/m0/s1. The molecule has 1 atom stereocenters. The molecule has 1 aliphatic rings. The lowest BCUT2D eigenvalue weighted by molar-refractivity contribution is -0.123. The number of amides is 2. The van der Waals surface area contributed by atoms with Crippen LogP contribution in [0.25, 0.3) is 0 Å². The number of anilines is 2. The summed E-state index contributed by atoms with van der Waals surface area (Å²) < 4.78 is 5.17. The maximum absolute atomic E-state index is 12.6. The molecule has 2 heterocycles. The van der Waals surface area contributed by atoms with Crippen molar-refractivity contribution in [3.63, 3.8) is 0 Å². The van der Waals surface area contributed by atoms with Crippen LogP contribution in [0.5, 0.6) is 5.75 Å². The SMILES string of the molecule is COc1cccnc1NC(=O)[C@H]1CC(=O)Nc2ccccc21. The number of ether oxygens (including phenoxy) is 1. The summed E-state index contributed by atoms with van der Waals surface area (Å²) in [6.45, 7) is 0. The number of para-hydroxylation sites is 1. The smallest absolute Gasteiger partial charge is 0.233 e. The Hall–Kier alpha value is -2.89. The van der Waals surface area contributed by atoms with E-state index in [4.69, 9.17) is 4.74 Å². The molecule has 0 spiro atoms. The van der Waals surface area contributed by atoms with E-state index in [-0.39, 0.29) is 18.2 Å². The molecule has 0 radical (unpaired) electrons. The summed E-state index contributed by atoms with van der Waals surface area (Å²) in [6.07, 6.45) is 1.68. The van der Waals surface area contributed by atoms with E-state index in [9.17, 15) is 9.59 Å². The van der Waals surface area contributed by atoms with E-state index < -0.39 is 5.92 Å². The van der Waals surface area contributed by atoms with Crippen molar-refractivity contribution in [2.24, 2.45) is 0 Å². The van der Waals surface area contributed by atoms with Gasteiger partial charge < -0.3 is 15.4 Å². The van der Waals surface area contributed by atoms with E-state index in [0.717, 1.165) is 5.56 Å². The number of hydrogen-bond donors (Lipinski definition) is 2. The number of pyridine rings is 1. The molecule has 112 valence electrons. The minimum Gasteiger partial charge on any atom is -0.493 e. The highest BCUT2D eigenvalue weighted by Crippen LogP contribution is 2.33. The molecule has 6 nitrogen and oxygen atoms in total. The molecule has 2 N–H and O–H groups in total. The quantitative estimate of drug-likeness (QED) is 0.909. The number of nitrogens with one attached hydrogen (secondary N) is 2. The number of methoxy groups -OCH3 is 1. The fourth-order valence-corrected chi connectivity index (χ4v) is 2.50. The van der Waals surface area contributed by atoms with E-state index in [1.54, 1.807) is 24.4 Å². The van der Waals surface area contributed by atoms with Crippen LogP contribution in [0.15, 0.2) is 42.6 Å². The summed E-state index contributed by atoms with van der Waals surface area (Å²) in [4.78, 5) is 28.4. The van der Waals surface area contributed by atoms with Crippen molar-refractivity contribution in [3.05, 3.63) is 48.2 Å². The second kappa shape index (κ2) is 5.85. The van der Waals surface area contributed by atoms with Gasteiger partial charge in [0.1, 0.15) is 0 Å². The summed E-state index contributed by atoms with van der Waals surface area (Å²) in [7, 11) is 1.51. The summed E-state index contributed by atoms with van der Waals surface area (Å²) in [5.74, 6) is -0.175. The van der Waals surface area contributed by atoms with Crippen LogP contribution in [0.3, 0.4) is 0 Å². The lowest BCUT2D eigenvalue weighted by Crippen LogP contribution is -2.31. The second-order valence-electron chi connectivity index (χ2n) is 4.94. The lowest BCUT2D eigenvalue weighted by Gasteiger charge is -2.24. The van der Waals surface area contributed by atoms with Gasteiger partial charge in [0.2, 0.25) is 11.8 Å². The van der Waals surface area contributed by atoms with E-state index in [2.05, 4.69) is 15.6 Å². The Morgan fingerprint density at radius 1 is 1.32 bits per heavy atom. The van der Waals surface area contributed by atoms with Gasteiger partial charge in [0.05, 0.1) is 13.0 Å². The molecule has 2 amide bonds. The molecule has 0 bridgehead atoms. The van der Waals surface area contributed by atoms with Crippen LogP contribution < -0.4 is 15.4 Å². The first-order valence-electron chi connectivity index (χ1n) is 6.87. The maximum Gasteiger partial charge on any atom is 0.233 e. The number of benzene rings is 1. The molecular formula is C16H15N3O3. The predicted octanol–water partition coefficient (Wildman–Crippen LogP) is 2.15. The third-order valence-electron chi connectivity index (χ3n) is 3.55. The highest BCUT2D eigenvalue weighted by molar-refractivity contribution is 6.05. The lowest BCUT2D eigenvalue weighted by atomic mass is 9.90. The van der Waals surface area contributed by atoms with E-state index in [0.29, 0.717) is 17.3 Å². The fraction of sp³-hybridized carbons (Fsp3) is 0.188. The highest BCUT2D eigenvalue weighted by atomic mass is 16.5. The Morgan fingerprint density at radius 2 is 2.14 bits per heavy atom. The van der Waals surface area contributed by atoms with Crippen LogP contribution in [0, 0.1) is 0 Å². The molecular weight excluding hydrogens is 282 g/mol. The van der Waals surface area contributed by atoms with E-state index in [1.807, 2.05) is 18.2 Å². The van der Waals surface area contributed by atoms with Crippen LogP contribution in [0.2, 0.25) is 0 Å². The zero-order valence-electron chi connectivity index (χ0n) is 12.0. The van der Waals surface area contributed by atoms with Crippen molar-refractivity contribution in [2.45, 2.75) is 12.3 Å². The molecule has 22 heavy (non-hydrogen) atoms. The largest absolute Gasteiger partial charge is 0.493 e. The van der Waals surface area contributed by atoms with Gasteiger partial charge in [-0.25, -0.2) is 4.98 Å². The van der Waals surface area contributed by atoms with Crippen LogP contribution in [0.1, 0.15) is 17.9 Å². The minimum absolute atomic E-state index is 0.109. The summed E-state index contributed by atoms with van der Waals surface area (Å²) in [6, 6.07) is 10.7. The van der Waals surface area contributed by atoms with Crippen molar-refractivity contribution in [1.29, 1.82) is 0 Å². The van der Waals surface area contributed by atoms with Gasteiger partial charge in [-0.1, -0.05) is 18.2 Å². The topological polar surface area (TPSA) is 80.3 Å². The molecule has 1 aliphatic heterocycles. The Morgan fingerprint density at radius 3 is 2.95 bits per heavy atom. The first-order chi connectivity index (χ1) is 10.7. The van der Waals surface area contributed by atoms with E-state index >= 15 is 0 Å². The molecule has 1 aromatic heterocycles. The molecule has 1 aromatic carbocycles. The van der Waals surface area contributed by atoms with Gasteiger partial charge in [0.25, 0.3) is 0 Å². The van der Waals surface area contributed by atoms with Gasteiger partial charge in [0, 0.05) is 18.3 Å². The second-order valence-corrected chi connectivity index (χ2v) is 4.94. The van der Waals surface area contributed by atoms with Crippen LogP contribution in [0.4, 0.5) is 11.5 Å². The molecule has 0 saturated carbocycles. The number of carbonyl (C=O) groups excluding carboxylic acids is 2. The molecule has 0 aliphatic carbocycles. The van der Waals surface area contributed by atoms with Gasteiger partial charge in [-0.15, -0.1) is 0 Å². The van der Waals surface area contributed by atoms with Crippen molar-refractivity contribution in [3.8, 4) is 5.75 Å². The third-order valence-corrected chi connectivity index (χ3v) is 3.55. The molecule has 0 saturated heterocycles. The van der Waals surface area contributed by atoms with Gasteiger partial charge in [0.15, 0.2) is 11.6 Å². The number of carbonyl (C=O) groups is 2. The number of hydrogen-bond acceptors (Lipinski definition) is 4. The van der Waals surface area contributed by atoms with E-state index in [1.165, 1.54) is 7.11 Å². The number of aromatic nitrogens is 1. The normalized spacial score (nSPS) is 16.4. The minimum atomic E-state index is -0.545. The zero-order chi connectivity index (χ0) is 15.5. The Balaban J connectivity index is 1.88. The molecule has 6 heteroatoms. The van der Waals surface area contributed by atoms with Gasteiger partial charge in [-0.2, -0.15) is 0 Å². The maximum atomic E-state index is 12.6. The van der Waals surface area contributed by atoms with Crippen molar-refractivity contribution in [2.75, 3.05) is 17.7 Å². The first kappa shape index (κ1) is 14.1. The zero-order valence-corrected chi connectivity index (χ0v) is 12.0. The monoisotopic (exact) mass is 297 g/mol. The number of fused-ring (bicyclic) bond motifs is 1. The average molecular weight is 297 g/mol. The van der Waals surface area contributed by atoms with Gasteiger partial charge in [-0.05, 0) is 23.8 Å². The van der Waals surface area contributed by atoms with Crippen LogP contribution >= 0.6 is 0 Å². The van der Waals surface area contributed by atoms with Crippen molar-refractivity contribution in [1.82, 2.24) is 4.98 Å². The van der Waals surface area contributed by atoms with Gasteiger partial charge >= 0.3 is 0 Å². The summed E-state index contributed by atoms with van der Waals surface area (Å²) in [5.41, 5.74) is 1.47. The van der Waals surface area contributed by atoms with Crippen molar-refractivity contribution < 1.29 is 14.3 Å². The molecule has 2 aromatic rings. The highest BCUT2D eigenvalue weighted by Gasteiger charge is 2.30. The predicted molar refractivity (Wildman–Crippen MR) is 81.8 cm³/mol. The molecule has 0 unspecified atom stereocenters. The fourth-order valence-electron chi connectivity index (χ4n) is 2.50. The Labute approximate surface area is 127 Å².